The molecule has 9 heteroatoms. The Morgan fingerprint density at radius 3 is 2.71 bits per heavy atom. The van der Waals surface area contributed by atoms with Gasteiger partial charge in [0.2, 0.25) is 0 Å². The van der Waals surface area contributed by atoms with E-state index in [1.807, 2.05) is 25.1 Å². The molecule has 0 saturated heterocycles. The fourth-order valence-electron chi connectivity index (χ4n) is 2.62. The van der Waals surface area contributed by atoms with Crippen LogP contribution in [0.3, 0.4) is 0 Å². The summed E-state index contributed by atoms with van der Waals surface area (Å²) in [5, 5.41) is 11.1. The minimum absolute atomic E-state index is 0. The summed E-state index contributed by atoms with van der Waals surface area (Å²) in [4.78, 5) is 4.61. The summed E-state index contributed by atoms with van der Waals surface area (Å²) >= 11 is 6.29. The number of aromatic nitrogens is 1. The van der Waals surface area contributed by atoms with Gasteiger partial charge in [-0.1, -0.05) is 30.6 Å². The molecule has 1 aliphatic heterocycles. The van der Waals surface area contributed by atoms with Crippen molar-refractivity contribution in [2.45, 2.75) is 39.8 Å². The minimum Gasteiger partial charge on any atom is -0.486 e. The first kappa shape index (κ1) is 22.6. The molecule has 2 aromatic rings. The lowest BCUT2D eigenvalue weighted by molar-refractivity contribution is 0.171. The second-order valence-corrected chi connectivity index (χ2v) is 6.93. The second kappa shape index (κ2) is 10.8. The molecule has 1 aromatic heterocycles. The molecule has 0 atom stereocenters. The van der Waals surface area contributed by atoms with Gasteiger partial charge in [0, 0.05) is 12.6 Å². The van der Waals surface area contributed by atoms with Crippen LogP contribution in [0, 0.1) is 0 Å². The second-order valence-electron chi connectivity index (χ2n) is 6.52. The van der Waals surface area contributed by atoms with Crippen LogP contribution >= 0.6 is 35.6 Å². The molecule has 0 bridgehead atoms. The van der Waals surface area contributed by atoms with Gasteiger partial charge in [0.25, 0.3) is 0 Å². The Morgan fingerprint density at radius 2 is 2.00 bits per heavy atom. The van der Waals surface area contributed by atoms with E-state index in [1.54, 1.807) is 0 Å². The molecule has 1 aromatic carbocycles. The first-order valence-electron chi connectivity index (χ1n) is 9.12. The number of nitrogens with one attached hydrogen (secondary N) is 2. The van der Waals surface area contributed by atoms with Gasteiger partial charge in [-0.3, -0.25) is 0 Å². The fourth-order valence-corrected chi connectivity index (χ4v) is 2.91. The molecule has 0 unspecified atom stereocenters. The molecule has 1 aliphatic rings. The van der Waals surface area contributed by atoms with Crippen LogP contribution < -0.4 is 20.1 Å². The number of hydrogen-bond acceptors (Lipinski definition) is 5. The molecule has 0 spiro atoms. The maximum atomic E-state index is 6.29. The van der Waals surface area contributed by atoms with Crippen molar-refractivity contribution in [1.82, 2.24) is 15.8 Å². The highest BCUT2D eigenvalue weighted by Crippen LogP contribution is 2.38. The number of guanidine groups is 1. The SMILES string of the molecule is CCNC(=NCc1cc(Cl)c2c(c1)OCCO2)NCc1cc(C(C)C)no1.I. The predicted molar refractivity (Wildman–Crippen MR) is 120 cm³/mol. The molecule has 7 nitrogen and oxygen atoms in total. The lowest BCUT2D eigenvalue weighted by Crippen LogP contribution is -2.36. The molecule has 154 valence electrons. The number of nitrogens with zero attached hydrogens (tertiary/aromatic N) is 2. The van der Waals surface area contributed by atoms with Crippen LogP contribution in [0.5, 0.6) is 11.5 Å². The normalized spacial score (nSPS) is 13.2. The molecular formula is C19H26ClIN4O3. The third kappa shape index (κ3) is 5.91. The molecule has 0 saturated carbocycles. The van der Waals surface area contributed by atoms with Crippen LogP contribution in [0.2, 0.25) is 5.02 Å². The van der Waals surface area contributed by atoms with Gasteiger partial charge in [0.05, 0.1) is 23.8 Å². The van der Waals surface area contributed by atoms with E-state index in [0.717, 1.165) is 23.6 Å². The average molecular weight is 521 g/mol. The van der Waals surface area contributed by atoms with E-state index in [2.05, 4.69) is 34.6 Å². The fraction of sp³-hybridized carbons (Fsp3) is 0.474. The topological polar surface area (TPSA) is 80.9 Å². The number of hydrogen-bond donors (Lipinski definition) is 2. The van der Waals surface area contributed by atoms with E-state index in [0.29, 0.717) is 54.7 Å². The summed E-state index contributed by atoms with van der Waals surface area (Å²) in [5.74, 6) is 3.06. The third-order valence-corrected chi connectivity index (χ3v) is 4.30. The van der Waals surface area contributed by atoms with Gasteiger partial charge in [-0.25, -0.2) is 4.99 Å². The molecule has 3 rings (SSSR count). The molecular weight excluding hydrogens is 495 g/mol. The average Bonchev–Trinajstić information content (AvgIpc) is 3.13. The molecule has 2 heterocycles. The highest BCUT2D eigenvalue weighted by Gasteiger charge is 2.16. The zero-order valence-corrected chi connectivity index (χ0v) is 19.3. The van der Waals surface area contributed by atoms with Crippen molar-refractivity contribution in [2.75, 3.05) is 19.8 Å². The Balaban J connectivity index is 0.00000280. The highest BCUT2D eigenvalue weighted by atomic mass is 127. The first-order chi connectivity index (χ1) is 13.1. The lowest BCUT2D eigenvalue weighted by atomic mass is 10.1. The van der Waals surface area contributed by atoms with E-state index >= 15 is 0 Å². The molecule has 0 aliphatic carbocycles. The van der Waals surface area contributed by atoms with Gasteiger partial charge in [-0.2, -0.15) is 0 Å². The summed E-state index contributed by atoms with van der Waals surface area (Å²) < 4.78 is 16.5. The van der Waals surface area contributed by atoms with E-state index in [9.17, 15) is 0 Å². The van der Waals surface area contributed by atoms with Crippen molar-refractivity contribution in [3.8, 4) is 11.5 Å². The Morgan fingerprint density at radius 1 is 1.21 bits per heavy atom. The largest absolute Gasteiger partial charge is 0.486 e. The van der Waals surface area contributed by atoms with Crippen LogP contribution in [-0.2, 0) is 13.1 Å². The maximum absolute atomic E-state index is 6.29. The van der Waals surface area contributed by atoms with Crippen molar-refractivity contribution in [3.05, 3.63) is 40.2 Å². The highest BCUT2D eigenvalue weighted by molar-refractivity contribution is 14.0. The number of benzene rings is 1. The summed E-state index contributed by atoms with van der Waals surface area (Å²) in [5.41, 5.74) is 1.89. The van der Waals surface area contributed by atoms with Gasteiger partial charge in [0.15, 0.2) is 23.2 Å². The lowest BCUT2D eigenvalue weighted by Gasteiger charge is -2.20. The third-order valence-electron chi connectivity index (χ3n) is 4.02. The zero-order chi connectivity index (χ0) is 19.2. The standard InChI is InChI=1S/C19H25ClN4O3.HI/c1-4-21-19(23-11-14-9-16(12(2)3)24-27-14)22-10-13-7-15(20)18-17(8-13)25-5-6-26-18;/h7-9,12H,4-6,10-11H2,1-3H3,(H2,21,22,23);1H. The van der Waals surface area contributed by atoms with E-state index in [1.165, 1.54) is 0 Å². The Kier molecular flexibility index (Phi) is 8.68. The number of aliphatic imine (C=N–C) groups is 1. The van der Waals surface area contributed by atoms with Gasteiger partial charge in [0.1, 0.15) is 13.2 Å². The summed E-state index contributed by atoms with van der Waals surface area (Å²) in [7, 11) is 0. The summed E-state index contributed by atoms with van der Waals surface area (Å²) in [6.07, 6.45) is 0. The van der Waals surface area contributed by atoms with Crippen molar-refractivity contribution in [2.24, 2.45) is 4.99 Å². The molecule has 28 heavy (non-hydrogen) atoms. The number of fused-ring (bicyclic) bond motifs is 1. The van der Waals surface area contributed by atoms with Crippen LogP contribution in [0.4, 0.5) is 0 Å². The first-order valence-corrected chi connectivity index (χ1v) is 9.50. The van der Waals surface area contributed by atoms with Gasteiger partial charge in [-0.15, -0.1) is 24.0 Å². The smallest absolute Gasteiger partial charge is 0.191 e. The monoisotopic (exact) mass is 520 g/mol. The van der Waals surface area contributed by atoms with Crippen molar-refractivity contribution in [1.29, 1.82) is 0 Å². The van der Waals surface area contributed by atoms with Crippen LogP contribution in [0.15, 0.2) is 27.7 Å². The number of rotatable bonds is 6. The Labute approximate surface area is 187 Å². The van der Waals surface area contributed by atoms with Crippen molar-refractivity contribution >= 4 is 41.5 Å². The van der Waals surface area contributed by atoms with Gasteiger partial charge < -0.3 is 24.6 Å². The zero-order valence-electron chi connectivity index (χ0n) is 16.3. The number of ether oxygens (including phenoxy) is 2. The van der Waals surface area contributed by atoms with Crippen molar-refractivity contribution in [3.63, 3.8) is 0 Å². The molecule has 2 N–H and O–H groups in total. The van der Waals surface area contributed by atoms with E-state index in [4.69, 9.17) is 25.6 Å². The number of halogens is 2. The van der Waals surface area contributed by atoms with Crippen molar-refractivity contribution < 1.29 is 14.0 Å². The quantitative estimate of drug-likeness (QED) is 0.339. The molecule has 0 amide bonds. The minimum atomic E-state index is 0. The summed E-state index contributed by atoms with van der Waals surface area (Å²) in [6, 6.07) is 5.73. The predicted octanol–water partition coefficient (Wildman–Crippen LogP) is 4.10. The van der Waals surface area contributed by atoms with Crippen LogP contribution in [0.25, 0.3) is 0 Å². The van der Waals surface area contributed by atoms with Gasteiger partial charge >= 0.3 is 0 Å². The van der Waals surface area contributed by atoms with Crippen LogP contribution in [-0.4, -0.2) is 30.9 Å². The van der Waals surface area contributed by atoms with Crippen LogP contribution in [0.1, 0.15) is 43.7 Å². The molecule has 0 fully saturated rings. The van der Waals surface area contributed by atoms with Gasteiger partial charge in [-0.05, 0) is 30.5 Å². The molecule has 0 radical (unpaired) electrons. The summed E-state index contributed by atoms with van der Waals surface area (Å²) in [6.45, 7) is 8.93. The Hall–Kier alpha value is -1.68. The maximum Gasteiger partial charge on any atom is 0.191 e. The Bertz CT molecular complexity index is 810. The van der Waals surface area contributed by atoms with E-state index < -0.39 is 0 Å². The van der Waals surface area contributed by atoms with E-state index in [-0.39, 0.29) is 24.0 Å².